The number of aryl methyl sites for hydroxylation is 1. The minimum Gasteiger partial charge on any atom is -0.293 e. The molecule has 0 saturated carbocycles. The lowest BCUT2D eigenvalue weighted by atomic mass is 9.99. The number of hydrogen-bond donors (Lipinski definition) is 0. The van der Waals surface area contributed by atoms with Gasteiger partial charge in [-0.3, -0.25) is 4.79 Å². The number of Topliss-reactive ketones (excluding diaryl/α,β-unsaturated/α-hetero) is 1. The largest absolute Gasteiger partial charge is 0.293 e. The Morgan fingerprint density at radius 3 is 2.31 bits per heavy atom. The van der Waals surface area contributed by atoms with Crippen molar-refractivity contribution in [3.63, 3.8) is 0 Å². The average Bonchev–Trinajstić information content (AvgIpc) is 2.18. The van der Waals surface area contributed by atoms with Crippen LogP contribution in [0.5, 0.6) is 0 Å². The van der Waals surface area contributed by atoms with Gasteiger partial charge in [0.1, 0.15) is 5.25 Å². The van der Waals surface area contributed by atoms with E-state index in [1.54, 1.807) is 12.1 Å². The van der Waals surface area contributed by atoms with Gasteiger partial charge in [-0.15, -0.1) is 0 Å². The van der Waals surface area contributed by atoms with Gasteiger partial charge >= 0.3 is 0 Å². The van der Waals surface area contributed by atoms with Crippen LogP contribution < -0.4 is 0 Å². The maximum Gasteiger partial charge on any atom is 0.180 e. The van der Waals surface area contributed by atoms with E-state index in [1.807, 2.05) is 19.9 Å². The number of ketones is 1. The highest BCUT2D eigenvalue weighted by Gasteiger charge is 2.25. The molecule has 0 heterocycles. The quantitative estimate of drug-likeness (QED) is 0.758. The zero-order valence-corrected chi connectivity index (χ0v) is 10.8. The third-order valence-corrected chi connectivity index (χ3v) is 4.38. The van der Waals surface area contributed by atoms with Crippen molar-refractivity contribution in [3.8, 4) is 0 Å². The lowest BCUT2D eigenvalue weighted by Crippen LogP contribution is -2.27. The molecule has 0 saturated heterocycles. The molecule has 0 amide bonds. The maximum atomic E-state index is 12.0. The molecule has 0 bridgehead atoms. The highest BCUT2D eigenvalue weighted by Crippen LogP contribution is 2.16. The summed E-state index contributed by atoms with van der Waals surface area (Å²) in [5, 5.41) is -0.979. The molecule has 1 rings (SSSR count). The molecular formula is C12H16O3S. The van der Waals surface area contributed by atoms with Crippen LogP contribution >= 0.6 is 0 Å². The molecule has 0 aliphatic rings. The Bertz CT molecular complexity index is 515. The van der Waals surface area contributed by atoms with Crippen LogP contribution in [0.15, 0.2) is 18.2 Å². The molecule has 0 aromatic heterocycles. The van der Waals surface area contributed by atoms with E-state index >= 15 is 0 Å². The number of carbonyl (C=O) groups is 1. The van der Waals surface area contributed by atoms with Crippen molar-refractivity contribution in [1.82, 2.24) is 0 Å². The predicted molar refractivity (Wildman–Crippen MR) is 64.6 cm³/mol. The van der Waals surface area contributed by atoms with Crippen molar-refractivity contribution in [2.45, 2.75) is 26.0 Å². The van der Waals surface area contributed by atoms with Crippen molar-refractivity contribution in [3.05, 3.63) is 34.9 Å². The van der Waals surface area contributed by atoms with Gasteiger partial charge in [-0.05, 0) is 31.9 Å². The first-order valence-corrected chi connectivity index (χ1v) is 7.00. The molecule has 0 aliphatic heterocycles. The number of rotatable bonds is 3. The average molecular weight is 240 g/mol. The Labute approximate surface area is 96.4 Å². The second-order valence-corrected chi connectivity index (χ2v) is 6.45. The summed E-state index contributed by atoms with van der Waals surface area (Å²) in [6.45, 7) is 5.16. The summed E-state index contributed by atoms with van der Waals surface area (Å²) in [5.41, 5.74) is 2.34. The molecule has 0 spiro atoms. The molecule has 1 aromatic carbocycles. The van der Waals surface area contributed by atoms with Crippen molar-refractivity contribution in [1.29, 1.82) is 0 Å². The smallest absolute Gasteiger partial charge is 0.180 e. The third kappa shape index (κ3) is 2.50. The molecule has 16 heavy (non-hydrogen) atoms. The molecule has 0 fully saturated rings. The zero-order chi connectivity index (χ0) is 12.5. The van der Waals surface area contributed by atoms with Gasteiger partial charge in [-0.1, -0.05) is 18.2 Å². The number of benzene rings is 1. The molecule has 1 aromatic rings. The van der Waals surface area contributed by atoms with E-state index < -0.39 is 15.1 Å². The van der Waals surface area contributed by atoms with E-state index in [9.17, 15) is 13.2 Å². The van der Waals surface area contributed by atoms with Crippen LogP contribution in [0.2, 0.25) is 0 Å². The van der Waals surface area contributed by atoms with Crippen molar-refractivity contribution >= 4 is 15.6 Å². The third-order valence-electron chi connectivity index (χ3n) is 2.88. The van der Waals surface area contributed by atoms with Crippen molar-refractivity contribution in [2.24, 2.45) is 0 Å². The van der Waals surface area contributed by atoms with Gasteiger partial charge in [0.2, 0.25) is 0 Å². The normalized spacial score (nSPS) is 13.5. The second-order valence-electron chi connectivity index (χ2n) is 4.08. The first-order chi connectivity index (χ1) is 7.25. The predicted octanol–water partition coefficient (Wildman–Crippen LogP) is 1.92. The Kier molecular flexibility index (Phi) is 3.53. The van der Waals surface area contributed by atoms with E-state index in [4.69, 9.17) is 0 Å². The summed E-state index contributed by atoms with van der Waals surface area (Å²) in [4.78, 5) is 12.0. The molecule has 0 aliphatic carbocycles. The first-order valence-electron chi connectivity index (χ1n) is 5.04. The summed E-state index contributed by atoms with van der Waals surface area (Å²) in [6, 6.07) is 5.34. The SMILES string of the molecule is Cc1cccc(C(=O)C(C)S(C)(=O)=O)c1C. The van der Waals surface area contributed by atoms with E-state index in [2.05, 4.69) is 0 Å². The first kappa shape index (κ1) is 12.9. The highest BCUT2D eigenvalue weighted by molar-refractivity contribution is 7.92. The van der Waals surface area contributed by atoms with Crippen molar-refractivity contribution in [2.75, 3.05) is 6.26 Å². The minimum absolute atomic E-state index is 0.330. The highest BCUT2D eigenvalue weighted by atomic mass is 32.2. The summed E-state index contributed by atoms with van der Waals surface area (Å²) in [7, 11) is -3.33. The molecule has 1 unspecified atom stereocenters. The summed E-state index contributed by atoms with van der Waals surface area (Å²) >= 11 is 0. The van der Waals surface area contributed by atoms with Crippen LogP contribution in [0.4, 0.5) is 0 Å². The minimum atomic E-state index is -3.33. The van der Waals surface area contributed by atoms with Gasteiger partial charge < -0.3 is 0 Å². The van der Waals surface area contributed by atoms with Crippen LogP contribution in [-0.2, 0) is 9.84 Å². The Morgan fingerprint density at radius 1 is 1.25 bits per heavy atom. The van der Waals surface area contributed by atoms with Gasteiger partial charge in [0.25, 0.3) is 0 Å². The van der Waals surface area contributed by atoms with Gasteiger partial charge in [0, 0.05) is 11.8 Å². The molecule has 1 atom stereocenters. The van der Waals surface area contributed by atoms with Gasteiger partial charge in [0.15, 0.2) is 15.6 Å². The number of carbonyl (C=O) groups excluding carboxylic acids is 1. The zero-order valence-electron chi connectivity index (χ0n) is 9.94. The van der Waals surface area contributed by atoms with Crippen LogP contribution in [0.3, 0.4) is 0 Å². The second kappa shape index (κ2) is 4.37. The Morgan fingerprint density at radius 2 is 1.81 bits per heavy atom. The van der Waals surface area contributed by atoms with E-state index in [-0.39, 0.29) is 5.78 Å². The summed E-state index contributed by atoms with van der Waals surface area (Å²) in [5.74, 6) is -0.330. The van der Waals surface area contributed by atoms with Crippen molar-refractivity contribution < 1.29 is 13.2 Å². The molecule has 0 N–H and O–H groups in total. The van der Waals surface area contributed by atoms with Crippen LogP contribution in [0, 0.1) is 13.8 Å². The molecule has 3 nitrogen and oxygen atoms in total. The van der Waals surface area contributed by atoms with Gasteiger partial charge in [-0.25, -0.2) is 8.42 Å². The lowest BCUT2D eigenvalue weighted by Gasteiger charge is -2.11. The fraction of sp³-hybridized carbons (Fsp3) is 0.417. The molecule has 88 valence electrons. The van der Waals surface area contributed by atoms with Crippen LogP contribution in [-0.4, -0.2) is 25.7 Å². The molecule has 4 heteroatoms. The molecule has 0 radical (unpaired) electrons. The topological polar surface area (TPSA) is 51.2 Å². The number of sulfone groups is 1. The van der Waals surface area contributed by atoms with Crippen LogP contribution in [0.1, 0.15) is 28.4 Å². The summed E-state index contributed by atoms with van der Waals surface area (Å²) in [6.07, 6.45) is 1.08. The fourth-order valence-corrected chi connectivity index (χ4v) is 1.95. The van der Waals surface area contributed by atoms with E-state index in [0.29, 0.717) is 5.56 Å². The summed E-state index contributed by atoms with van der Waals surface area (Å²) < 4.78 is 22.6. The van der Waals surface area contributed by atoms with E-state index in [0.717, 1.165) is 17.4 Å². The lowest BCUT2D eigenvalue weighted by molar-refractivity contribution is 0.0991. The fourth-order valence-electron chi connectivity index (χ4n) is 1.43. The maximum absolute atomic E-state index is 12.0. The van der Waals surface area contributed by atoms with Crippen LogP contribution in [0.25, 0.3) is 0 Å². The standard InChI is InChI=1S/C12H16O3S/c1-8-6-5-7-11(9(8)2)12(13)10(3)16(4,14)15/h5-7,10H,1-4H3. The van der Waals surface area contributed by atoms with E-state index in [1.165, 1.54) is 6.92 Å². The Hall–Kier alpha value is -1.16. The monoisotopic (exact) mass is 240 g/mol. The molecular weight excluding hydrogens is 224 g/mol. The van der Waals surface area contributed by atoms with Gasteiger partial charge in [-0.2, -0.15) is 0 Å². The number of hydrogen-bond acceptors (Lipinski definition) is 3. The van der Waals surface area contributed by atoms with Gasteiger partial charge in [0.05, 0.1) is 0 Å². The Balaban J connectivity index is 3.21.